The van der Waals surface area contributed by atoms with E-state index in [1.807, 2.05) is 6.07 Å². The summed E-state index contributed by atoms with van der Waals surface area (Å²) in [5.41, 5.74) is 1.18. The fraction of sp³-hybridized carbons (Fsp3) is 0.462. The first-order valence-corrected chi connectivity index (χ1v) is 6.85. The SMILES string of the molecule is O=C(O)c1ccc(Br)cc1N1C2CCC1COC2. The molecule has 0 radical (unpaired) electrons. The lowest BCUT2D eigenvalue weighted by molar-refractivity contribution is 0.0693. The van der Waals surface area contributed by atoms with Crippen molar-refractivity contribution < 1.29 is 14.6 Å². The van der Waals surface area contributed by atoms with Gasteiger partial charge in [-0.1, -0.05) is 15.9 Å². The second-order valence-electron chi connectivity index (χ2n) is 4.80. The zero-order valence-electron chi connectivity index (χ0n) is 9.80. The molecule has 2 saturated heterocycles. The summed E-state index contributed by atoms with van der Waals surface area (Å²) in [7, 11) is 0. The summed E-state index contributed by atoms with van der Waals surface area (Å²) in [5, 5.41) is 9.31. The molecule has 0 spiro atoms. The highest BCUT2D eigenvalue weighted by Crippen LogP contribution is 2.37. The fourth-order valence-corrected chi connectivity index (χ4v) is 3.27. The van der Waals surface area contributed by atoms with Gasteiger partial charge in [-0.05, 0) is 31.0 Å². The molecule has 2 aliphatic rings. The Balaban J connectivity index is 2.05. The van der Waals surface area contributed by atoms with Crippen LogP contribution < -0.4 is 4.90 Å². The maximum absolute atomic E-state index is 11.3. The first-order chi connectivity index (χ1) is 8.66. The van der Waals surface area contributed by atoms with Crippen molar-refractivity contribution in [3.8, 4) is 0 Å². The van der Waals surface area contributed by atoms with Gasteiger partial charge < -0.3 is 14.7 Å². The lowest BCUT2D eigenvalue weighted by atomic mass is 10.1. The van der Waals surface area contributed by atoms with Crippen LogP contribution in [0.25, 0.3) is 0 Å². The van der Waals surface area contributed by atoms with E-state index in [0.29, 0.717) is 30.9 Å². The number of aromatic carboxylic acids is 1. The smallest absolute Gasteiger partial charge is 0.337 e. The van der Waals surface area contributed by atoms with Crippen LogP contribution in [0.1, 0.15) is 23.2 Å². The predicted molar refractivity (Wildman–Crippen MR) is 71.2 cm³/mol. The topological polar surface area (TPSA) is 49.8 Å². The number of carboxylic acids is 1. The van der Waals surface area contributed by atoms with Crippen molar-refractivity contribution in [3.63, 3.8) is 0 Å². The maximum Gasteiger partial charge on any atom is 0.337 e. The predicted octanol–water partition coefficient (Wildman–Crippen LogP) is 2.51. The summed E-state index contributed by atoms with van der Waals surface area (Å²) in [4.78, 5) is 13.6. The van der Waals surface area contributed by atoms with E-state index in [9.17, 15) is 9.90 Å². The molecule has 5 heteroatoms. The molecule has 0 saturated carbocycles. The first kappa shape index (κ1) is 12.0. The van der Waals surface area contributed by atoms with Gasteiger partial charge in [0.15, 0.2) is 0 Å². The molecule has 0 aliphatic carbocycles. The van der Waals surface area contributed by atoms with E-state index in [2.05, 4.69) is 20.8 Å². The van der Waals surface area contributed by atoms with Gasteiger partial charge in [0, 0.05) is 4.47 Å². The monoisotopic (exact) mass is 311 g/mol. The normalized spacial score (nSPS) is 26.4. The average Bonchev–Trinajstić information content (AvgIpc) is 2.58. The van der Waals surface area contributed by atoms with Gasteiger partial charge in [-0.2, -0.15) is 0 Å². The zero-order chi connectivity index (χ0) is 12.7. The highest BCUT2D eigenvalue weighted by molar-refractivity contribution is 9.10. The molecule has 18 heavy (non-hydrogen) atoms. The van der Waals surface area contributed by atoms with Crippen LogP contribution in [0.5, 0.6) is 0 Å². The Bertz CT molecular complexity index is 475. The van der Waals surface area contributed by atoms with Gasteiger partial charge in [0.2, 0.25) is 0 Å². The Kier molecular flexibility index (Phi) is 3.03. The van der Waals surface area contributed by atoms with E-state index in [1.165, 1.54) is 0 Å². The van der Waals surface area contributed by atoms with E-state index in [1.54, 1.807) is 12.1 Å². The fourth-order valence-electron chi connectivity index (χ4n) is 2.92. The Morgan fingerprint density at radius 1 is 1.33 bits per heavy atom. The Morgan fingerprint density at radius 3 is 2.61 bits per heavy atom. The first-order valence-electron chi connectivity index (χ1n) is 6.06. The number of carbonyl (C=O) groups is 1. The molecule has 2 aliphatic heterocycles. The Labute approximate surface area is 114 Å². The molecule has 1 N–H and O–H groups in total. The van der Waals surface area contributed by atoms with Gasteiger partial charge in [-0.25, -0.2) is 4.79 Å². The Hall–Kier alpha value is -1.07. The molecule has 4 nitrogen and oxygen atoms in total. The molecule has 2 atom stereocenters. The number of fused-ring (bicyclic) bond motifs is 2. The lowest BCUT2D eigenvalue weighted by Crippen LogP contribution is -2.46. The van der Waals surface area contributed by atoms with Crippen molar-refractivity contribution in [2.24, 2.45) is 0 Å². The van der Waals surface area contributed by atoms with Gasteiger partial charge in [-0.15, -0.1) is 0 Å². The summed E-state index contributed by atoms with van der Waals surface area (Å²) in [6.45, 7) is 1.39. The third-order valence-corrected chi connectivity index (χ3v) is 4.20. The van der Waals surface area contributed by atoms with Crippen LogP contribution in [0, 0.1) is 0 Å². The molecule has 0 amide bonds. The maximum atomic E-state index is 11.3. The second kappa shape index (κ2) is 4.55. The third kappa shape index (κ3) is 1.91. The largest absolute Gasteiger partial charge is 0.478 e. The third-order valence-electron chi connectivity index (χ3n) is 3.71. The molecule has 1 aromatic rings. The van der Waals surface area contributed by atoms with E-state index in [0.717, 1.165) is 23.0 Å². The minimum Gasteiger partial charge on any atom is -0.478 e. The minimum absolute atomic E-state index is 0.316. The van der Waals surface area contributed by atoms with Gasteiger partial charge in [0.25, 0.3) is 0 Å². The van der Waals surface area contributed by atoms with Gasteiger partial charge in [0.05, 0.1) is 36.5 Å². The van der Waals surface area contributed by atoms with Crippen molar-refractivity contribution in [1.29, 1.82) is 0 Å². The Morgan fingerprint density at radius 2 is 2.00 bits per heavy atom. The summed E-state index contributed by atoms with van der Waals surface area (Å²) < 4.78 is 6.45. The van der Waals surface area contributed by atoms with Crippen LogP contribution in [0.15, 0.2) is 22.7 Å². The highest BCUT2D eigenvalue weighted by atomic mass is 79.9. The summed E-state index contributed by atoms with van der Waals surface area (Å²) in [6, 6.07) is 5.97. The second-order valence-corrected chi connectivity index (χ2v) is 5.71. The molecule has 3 rings (SSSR count). The number of halogens is 1. The highest BCUT2D eigenvalue weighted by Gasteiger charge is 2.38. The number of benzene rings is 1. The van der Waals surface area contributed by atoms with Gasteiger partial charge in [0.1, 0.15) is 0 Å². The van der Waals surface area contributed by atoms with E-state index in [-0.39, 0.29) is 0 Å². The molecule has 2 heterocycles. The van der Waals surface area contributed by atoms with Gasteiger partial charge >= 0.3 is 5.97 Å². The summed E-state index contributed by atoms with van der Waals surface area (Å²) in [5.74, 6) is -0.872. The molecule has 0 aromatic heterocycles. The van der Waals surface area contributed by atoms with Crippen molar-refractivity contribution >= 4 is 27.6 Å². The summed E-state index contributed by atoms with van der Waals surface area (Å²) >= 11 is 3.42. The van der Waals surface area contributed by atoms with Crippen molar-refractivity contribution in [2.75, 3.05) is 18.1 Å². The molecule has 2 fully saturated rings. The number of hydrogen-bond acceptors (Lipinski definition) is 3. The van der Waals surface area contributed by atoms with E-state index < -0.39 is 5.97 Å². The number of anilines is 1. The van der Waals surface area contributed by atoms with Crippen molar-refractivity contribution in [1.82, 2.24) is 0 Å². The number of carboxylic acid groups (broad SMARTS) is 1. The number of morpholine rings is 1. The van der Waals surface area contributed by atoms with Crippen molar-refractivity contribution in [3.05, 3.63) is 28.2 Å². The van der Waals surface area contributed by atoms with E-state index >= 15 is 0 Å². The van der Waals surface area contributed by atoms with Crippen LogP contribution in [-0.4, -0.2) is 36.4 Å². The van der Waals surface area contributed by atoms with Crippen molar-refractivity contribution in [2.45, 2.75) is 24.9 Å². The molecular formula is C13H14BrNO3. The van der Waals surface area contributed by atoms with E-state index in [4.69, 9.17) is 4.74 Å². The molecule has 96 valence electrons. The van der Waals surface area contributed by atoms with Crippen LogP contribution in [0.3, 0.4) is 0 Å². The number of rotatable bonds is 2. The average molecular weight is 312 g/mol. The molecule has 1 aromatic carbocycles. The van der Waals surface area contributed by atoms with Gasteiger partial charge in [-0.3, -0.25) is 0 Å². The molecule has 2 unspecified atom stereocenters. The summed E-state index contributed by atoms with van der Waals surface area (Å²) in [6.07, 6.45) is 2.16. The minimum atomic E-state index is -0.872. The molecular weight excluding hydrogens is 298 g/mol. The number of nitrogens with zero attached hydrogens (tertiary/aromatic N) is 1. The van der Waals surface area contributed by atoms with Crippen LogP contribution >= 0.6 is 15.9 Å². The zero-order valence-corrected chi connectivity index (χ0v) is 11.4. The molecule has 2 bridgehead atoms. The van der Waals surface area contributed by atoms with Crippen LogP contribution in [0.4, 0.5) is 5.69 Å². The standard InChI is InChI=1S/C13H14BrNO3/c14-8-1-4-11(13(16)17)12(5-8)15-9-2-3-10(15)7-18-6-9/h1,4-5,9-10H,2-3,6-7H2,(H,16,17). The quantitative estimate of drug-likeness (QED) is 0.912. The lowest BCUT2D eigenvalue weighted by Gasteiger charge is -2.37. The van der Waals surface area contributed by atoms with Crippen LogP contribution in [-0.2, 0) is 4.74 Å². The number of ether oxygens (including phenoxy) is 1. The number of hydrogen-bond donors (Lipinski definition) is 1. The van der Waals surface area contributed by atoms with Crippen LogP contribution in [0.2, 0.25) is 0 Å².